The van der Waals surface area contributed by atoms with Crippen LogP contribution in [-0.4, -0.2) is 27.0 Å². The van der Waals surface area contributed by atoms with Crippen LogP contribution in [0.2, 0.25) is 5.02 Å². The van der Waals surface area contributed by atoms with Crippen molar-refractivity contribution in [3.63, 3.8) is 0 Å². The Hall–Kier alpha value is -2.70. The SMILES string of the molecule is CC(C)c1ccc(/C=C2/C(=N)N3N=C(Cc4ccc(Cl)cc4)SC3=NC2=O)cc1. The third kappa shape index (κ3) is 4.18. The summed E-state index contributed by atoms with van der Waals surface area (Å²) in [5, 5.41) is 16.3. The number of hydrogen-bond donors (Lipinski definition) is 1. The summed E-state index contributed by atoms with van der Waals surface area (Å²) in [7, 11) is 0. The summed E-state index contributed by atoms with van der Waals surface area (Å²) in [6, 6.07) is 15.5. The van der Waals surface area contributed by atoms with Crippen LogP contribution < -0.4 is 0 Å². The number of fused-ring (bicyclic) bond motifs is 1. The van der Waals surface area contributed by atoms with Crippen LogP contribution in [0.15, 0.2) is 64.2 Å². The van der Waals surface area contributed by atoms with Gasteiger partial charge < -0.3 is 0 Å². The number of rotatable bonds is 4. The number of carbonyl (C=O) groups excluding carboxylic acids is 1. The molecule has 29 heavy (non-hydrogen) atoms. The summed E-state index contributed by atoms with van der Waals surface area (Å²) in [6.07, 6.45) is 2.29. The smallest absolute Gasteiger partial charge is 0.282 e. The van der Waals surface area contributed by atoms with E-state index in [9.17, 15) is 4.79 Å². The molecule has 0 aromatic heterocycles. The topological polar surface area (TPSA) is 68.9 Å². The fourth-order valence-corrected chi connectivity index (χ4v) is 4.07. The number of amidine groups is 2. The highest BCUT2D eigenvalue weighted by Crippen LogP contribution is 2.30. The second-order valence-electron chi connectivity index (χ2n) is 7.14. The molecule has 0 aliphatic carbocycles. The van der Waals surface area contributed by atoms with Crippen LogP contribution in [0.3, 0.4) is 0 Å². The van der Waals surface area contributed by atoms with E-state index in [0.717, 1.165) is 16.2 Å². The first kappa shape index (κ1) is 19.6. The zero-order valence-corrected chi connectivity index (χ0v) is 17.6. The number of nitrogens with zero attached hydrogens (tertiary/aromatic N) is 3. The Balaban J connectivity index is 1.56. The molecule has 0 bridgehead atoms. The second kappa shape index (κ2) is 7.97. The Labute approximate surface area is 178 Å². The van der Waals surface area contributed by atoms with Gasteiger partial charge in [-0.1, -0.05) is 61.8 Å². The molecule has 2 heterocycles. The highest BCUT2D eigenvalue weighted by Gasteiger charge is 2.35. The lowest BCUT2D eigenvalue weighted by Gasteiger charge is -2.20. The van der Waals surface area contributed by atoms with Gasteiger partial charge in [-0.05, 0) is 52.6 Å². The molecule has 0 saturated carbocycles. The molecule has 2 aliphatic rings. The molecule has 5 nitrogen and oxygen atoms in total. The Kier molecular flexibility index (Phi) is 5.39. The summed E-state index contributed by atoms with van der Waals surface area (Å²) < 4.78 is 0. The van der Waals surface area contributed by atoms with Crippen LogP contribution in [0.25, 0.3) is 6.08 Å². The van der Waals surface area contributed by atoms with Crippen molar-refractivity contribution >= 4 is 51.4 Å². The van der Waals surface area contributed by atoms with Crippen LogP contribution >= 0.6 is 23.4 Å². The maximum Gasteiger partial charge on any atom is 0.283 e. The molecule has 2 aromatic carbocycles. The van der Waals surface area contributed by atoms with Gasteiger partial charge in [0.05, 0.1) is 5.57 Å². The zero-order chi connectivity index (χ0) is 20.5. The van der Waals surface area contributed by atoms with Gasteiger partial charge in [0, 0.05) is 11.4 Å². The van der Waals surface area contributed by atoms with Crippen molar-refractivity contribution in [2.24, 2.45) is 10.1 Å². The fourth-order valence-electron chi connectivity index (χ4n) is 3.02. The van der Waals surface area contributed by atoms with Crippen molar-refractivity contribution in [1.82, 2.24) is 5.01 Å². The minimum atomic E-state index is -0.412. The Morgan fingerprint density at radius 2 is 1.83 bits per heavy atom. The van der Waals surface area contributed by atoms with E-state index in [0.29, 0.717) is 22.5 Å². The van der Waals surface area contributed by atoms with Crippen molar-refractivity contribution in [3.05, 3.63) is 75.8 Å². The Bertz CT molecular complexity index is 1070. The van der Waals surface area contributed by atoms with Crippen molar-refractivity contribution in [1.29, 1.82) is 5.41 Å². The van der Waals surface area contributed by atoms with Gasteiger partial charge in [-0.25, -0.2) is 0 Å². The van der Waals surface area contributed by atoms with E-state index in [1.165, 1.54) is 22.3 Å². The van der Waals surface area contributed by atoms with Gasteiger partial charge in [-0.3, -0.25) is 10.2 Å². The van der Waals surface area contributed by atoms with E-state index in [1.54, 1.807) is 6.08 Å². The van der Waals surface area contributed by atoms with E-state index in [2.05, 4.69) is 23.9 Å². The molecule has 7 heteroatoms. The molecule has 0 fully saturated rings. The maximum atomic E-state index is 12.5. The first-order valence-electron chi connectivity index (χ1n) is 9.24. The number of amides is 1. The Morgan fingerprint density at radius 1 is 1.14 bits per heavy atom. The van der Waals surface area contributed by atoms with Crippen LogP contribution in [0, 0.1) is 5.41 Å². The number of carbonyl (C=O) groups is 1. The van der Waals surface area contributed by atoms with Crippen LogP contribution in [0.5, 0.6) is 0 Å². The van der Waals surface area contributed by atoms with Crippen molar-refractivity contribution in [2.75, 3.05) is 0 Å². The molecule has 2 aliphatic heterocycles. The summed E-state index contributed by atoms with van der Waals surface area (Å²) >= 11 is 7.25. The molecular formula is C22H19ClN4OS. The third-order valence-electron chi connectivity index (χ3n) is 4.68. The van der Waals surface area contributed by atoms with E-state index in [-0.39, 0.29) is 11.4 Å². The molecule has 1 N–H and O–H groups in total. The van der Waals surface area contributed by atoms with Gasteiger partial charge in [0.2, 0.25) is 5.17 Å². The van der Waals surface area contributed by atoms with Crippen LogP contribution in [0.1, 0.15) is 36.5 Å². The zero-order valence-electron chi connectivity index (χ0n) is 16.0. The normalized spacial score (nSPS) is 17.7. The number of nitrogens with one attached hydrogen (secondary N) is 1. The number of aliphatic imine (C=N–C) groups is 1. The lowest BCUT2D eigenvalue weighted by Crippen LogP contribution is -2.35. The lowest BCUT2D eigenvalue weighted by molar-refractivity contribution is -0.114. The largest absolute Gasteiger partial charge is 0.283 e. The first-order chi connectivity index (χ1) is 13.9. The van der Waals surface area contributed by atoms with Gasteiger partial charge in [-0.2, -0.15) is 15.1 Å². The third-order valence-corrected chi connectivity index (χ3v) is 5.84. The molecular weight excluding hydrogens is 404 g/mol. The predicted molar refractivity (Wildman–Crippen MR) is 121 cm³/mol. The van der Waals surface area contributed by atoms with Crippen molar-refractivity contribution in [2.45, 2.75) is 26.2 Å². The average molecular weight is 423 g/mol. The highest BCUT2D eigenvalue weighted by molar-refractivity contribution is 8.26. The monoisotopic (exact) mass is 422 g/mol. The van der Waals surface area contributed by atoms with E-state index in [4.69, 9.17) is 17.0 Å². The molecule has 0 spiro atoms. The van der Waals surface area contributed by atoms with E-state index in [1.807, 2.05) is 48.5 Å². The summed E-state index contributed by atoms with van der Waals surface area (Å²) in [4.78, 5) is 16.7. The summed E-state index contributed by atoms with van der Waals surface area (Å²) in [6.45, 7) is 4.27. The van der Waals surface area contributed by atoms with E-state index >= 15 is 0 Å². The number of hydrazone groups is 1. The number of halogens is 1. The summed E-state index contributed by atoms with van der Waals surface area (Å²) in [5.74, 6) is 0.0738. The molecule has 146 valence electrons. The molecule has 4 rings (SSSR count). The molecule has 0 atom stereocenters. The van der Waals surface area contributed by atoms with E-state index < -0.39 is 5.91 Å². The number of thioether (sulfide) groups is 1. The van der Waals surface area contributed by atoms with Crippen molar-refractivity contribution < 1.29 is 4.79 Å². The van der Waals surface area contributed by atoms with Gasteiger partial charge in [-0.15, -0.1) is 0 Å². The van der Waals surface area contributed by atoms with Crippen LogP contribution in [0.4, 0.5) is 0 Å². The van der Waals surface area contributed by atoms with Crippen molar-refractivity contribution in [3.8, 4) is 0 Å². The predicted octanol–water partition coefficient (Wildman–Crippen LogP) is 5.33. The molecule has 0 unspecified atom stereocenters. The van der Waals surface area contributed by atoms with Gasteiger partial charge >= 0.3 is 0 Å². The quantitative estimate of drug-likeness (QED) is 0.677. The highest BCUT2D eigenvalue weighted by atomic mass is 35.5. The number of benzene rings is 2. The molecule has 2 aromatic rings. The molecule has 1 amide bonds. The Morgan fingerprint density at radius 3 is 2.48 bits per heavy atom. The molecule has 0 radical (unpaired) electrons. The lowest BCUT2D eigenvalue weighted by atomic mass is 10.0. The van der Waals surface area contributed by atoms with Gasteiger partial charge in [0.15, 0.2) is 5.84 Å². The fraction of sp³-hybridized carbons (Fsp3) is 0.182. The standard InChI is InChI=1S/C22H19ClN4OS/c1-13(2)16-7-3-14(4-8-16)11-18-20(24)27-22(25-21(18)28)29-19(26-27)12-15-5-9-17(23)10-6-15/h3-11,13,24H,12H2,1-2H3/b18-11-,24-20?. The molecule has 0 saturated heterocycles. The first-order valence-corrected chi connectivity index (χ1v) is 10.4. The number of hydrogen-bond acceptors (Lipinski definition) is 4. The average Bonchev–Trinajstić information content (AvgIpc) is 3.09. The van der Waals surface area contributed by atoms with Gasteiger partial charge in [0.25, 0.3) is 5.91 Å². The van der Waals surface area contributed by atoms with Crippen LogP contribution in [-0.2, 0) is 11.2 Å². The maximum absolute atomic E-state index is 12.5. The van der Waals surface area contributed by atoms with Gasteiger partial charge in [0.1, 0.15) is 5.04 Å². The second-order valence-corrected chi connectivity index (χ2v) is 8.62. The summed E-state index contributed by atoms with van der Waals surface area (Å²) in [5.41, 5.74) is 3.38. The minimum Gasteiger partial charge on any atom is -0.282 e. The minimum absolute atomic E-state index is 0.0477.